The summed E-state index contributed by atoms with van der Waals surface area (Å²) in [5, 5.41) is 11.6. The van der Waals surface area contributed by atoms with Crippen LogP contribution in [0, 0.1) is 0 Å². The van der Waals surface area contributed by atoms with Gasteiger partial charge in [0.15, 0.2) is 5.85 Å². The van der Waals surface area contributed by atoms with E-state index in [-0.39, 0.29) is 25.4 Å². The molecule has 1 rings (SSSR count). The molecular formula is C12H20ClN2O5P. The van der Waals surface area contributed by atoms with Crippen LogP contribution in [0.15, 0.2) is 30.3 Å². The van der Waals surface area contributed by atoms with Crippen molar-refractivity contribution in [2.24, 2.45) is 5.73 Å². The van der Waals surface area contributed by atoms with Gasteiger partial charge in [-0.25, -0.2) is 0 Å². The van der Waals surface area contributed by atoms with Crippen LogP contribution in [0.1, 0.15) is 12.0 Å². The fourth-order valence-electron chi connectivity index (χ4n) is 1.58. The predicted molar refractivity (Wildman–Crippen MR) is 81.0 cm³/mol. The topological polar surface area (TPSA) is 133 Å². The van der Waals surface area contributed by atoms with Gasteiger partial charge in [-0.15, -0.1) is 12.4 Å². The first kappa shape index (κ1) is 20.1. The molecule has 6 N–H and O–H groups in total. The minimum atomic E-state index is -4.52. The molecule has 0 saturated carbocycles. The maximum atomic E-state index is 11.7. The number of hydrogen-bond acceptors (Lipinski definition) is 4. The number of hydrogen-bond donors (Lipinski definition) is 5. The first-order valence-corrected chi connectivity index (χ1v) is 7.79. The monoisotopic (exact) mass is 338 g/mol. The average Bonchev–Trinajstić information content (AvgIpc) is 2.38. The van der Waals surface area contributed by atoms with Crippen molar-refractivity contribution in [3.05, 3.63) is 35.9 Å². The van der Waals surface area contributed by atoms with Crippen LogP contribution in [0.25, 0.3) is 0 Å². The lowest BCUT2D eigenvalue weighted by Gasteiger charge is -2.15. The van der Waals surface area contributed by atoms with Crippen LogP contribution >= 0.6 is 20.0 Å². The van der Waals surface area contributed by atoms with Gasteiger partial charge in [0.1, 0.15) is 0 Å². The maximum Gasteiger partial charge on any atom is 0.353 e. The molecule has 0 saturated heterocycles. The van der Waals surface area contributed by atoms with E-state index in [9.17, 15) is 9.36 Å². The van der Waals surface area contributed by atoms with Crippen molar-refractivity contribution in [3.63, 3.8) is 0 Å². The minimum absolute atomic E-state index is 0. The number of nitrogens with one attached hydrogen (secondary N) is 1. The lowest BCUT2D eigenvalue weighted by atomic mass is 10.1. The number of aliphatic hydroxyl groups is 1. The smallest absolute Gasteiger partial charge is 0.353 e. The van der Waals surface area contributed by atoms with Gasteiger partial charge < -0.3 is 25.9 Å². The highest BCUT2D eigenvalue weighted by atomic mass is 35.5. The Kier molecular flexibility index (Phi) is 8.73. The van der Waals surface area contributed by atoms with E-state index in [2.05, 4.69) is 5.32 Å². The molecule has 0 spiro atoms. The van der Waals surface area contributed by atoms with E-state index in [1.165, 1.54) is 0 Å². The number of carbonyl (C=O) groups is 1. The molecule has 0 aliphatic heterocycles. The number of carbonyl (C=O) groups excluding carboxylic acids is 1. The molecular weight excluding hydrogens is 319 g/mol. The third-order valence-corrected chi connectivity index (χ3v) is 3.76. The molecule has 2 unspecified atom stereocenters. The van der Waals surface area contributed by atoms with Crippen molar-refractivity contribution in [3.8, 4) is 0 Å². The van der Waals surface area contributed by atoms with Crippen molar-refractivity contribution in [2.75, 3.05) is 6.54 Å². The molecule has 7 nitrogen and oxygen atoms in total. The lowest BCUT2D eigenvalue weighted by molar-refractivity contribution is -0.122. The van der Waals surface area contributed by atoms with Crippen LogP contribution in [-0.4, -0.2) is 39.2 Å². The Hall–Kier alpha value is -0.950. The molecule has 21 heavy (non-hydrogen) atoms. The Bertz CT molecular complexity index is 482. The Balaban J connectivity index is 0.00000400. The Morgan fingerprint density at radius 1 is 1.29 bits per heavy atom. The lowest BCUT2D eigenvalue weighted by Crippen LogP contribution is -2.42. The summed E-state index contributed by atoms with van der Waals surface area (Å²) in [6, 6.07) is 8.50. The normalized spacial score (nSPS) is 13.9. The standard InChI is InChI=1S/C12H19N2O5P.ClH/c13-10(8-9-4-2-1-3-5-9)12(16)14-7-6-11(15)20(17,18)19;/h1-5,10-11,15H,6-8,13H2,(H,14,16)(H2,17,18,19);1H. The summed E-state index contributed by atoms with van der Waals surface area (Å²) >= 11 is 0. The van der Waals surface area contributed by atoms with Crippen molar-refractivity contribution in [1.82, 2.24) is 5.32 Å². The Morgan fingerprint density at radius 3 is 2.38 bits per heavy atom. The molecule has 1 aromatic carbocycles. The first-order valence-electron chi connectivity index (χ1n) is 6.11. The van der Waals surface area contributed by atoms with Crippen molar-refractivity contribution >= 4 is 25.9 Å². The van der Waals surface area contributed by atoms with E-state index in [0.717, 1.165) is 5.56 Å². The van der Waals surface area contributed by atoms with Crippen molar-refractivity contribution < 1.29 is 24.3 Å². The summed E-state index contributed by atoms with van der Waals surface area (Å²) in [6.45, 7) is -0.0480. The van der Waals surface area contributed by atoms with E-state index in [4.69, 9.17) is 20.6 Å². The van der Waals surface area contributed by atoms with E-state index in [1.807, 2.05) is 30.3 Å². The molecule has 9 heteroatoms. The van der Waals surface area contributed by atoms with Crippen molar-refractivity contribution in [2.45, 2.75) is 24.7 Å². The number of rotatable bonds is 7. The van der Waals surface area contributed by atoms with Crippen LogP contribution < -0.4 is 11.1 Å². The molecule has 0 radical (unpaired) electrons. The first-order chi connectivity index (χ1) is 9.30. The molecule has 1 amide bonds. The largest absolute Gasteiger partial charge is 0.380 e. The second-order valence-corrected chi connectivity index (χ2v) is 6.22. The third-order valence-electron chi connectivity index (χ3n) is 2.73. The Morgan fingerprint density at radius 2 is 1.86 bits per heavy atom. The van der Waals surface area contributed by atoms with Crippen LogP contribution in [0.4, 0.5) is 0 Å². The zero-order valence-corrected chi connectivity index (χ0v) is 13.0. The van der Waals surface area contributed by atoms with Crippen LogP contribution in [0.5, 0.6) is 0 Å². The SMILES string of the molecule is Cl.NC(Cc1ccccc1)C(=O)NCCC(O)P(=O)(O)O. The average molecular weight is 339 g/mol. The summed E-state index contributed by atoms with van der Waals surface area (Å²) in [5.41, 5.74) is 6.65. The van der Waals surface area contributed by atoms with Crippen LogP contribution in [0.3, 0.4) is 0 Å². The Labute approximate surface area is 129 Å². The molecule has 0 fully saturated rings. The fourth-order valence-corrected chi connectivity index (χ4v) is 2.05. The van der Waals surface area contributed by atoms with Gasteiger partial charge in [-0.1, -0.05) is 30.3 Å². The third kappa shape index (κ3) is 7.57. The van der Waals surface area contributed by atoms with Gasteiger partial charge in [-0.2, -0.15) is 0 Å². The number of amides is 1. The second-order valence-electron chi connectivity index (χ2n) is 4.45. The van der Waals surface area contributed by atoms with Gasteiger partial charge >= 0.3 is 7.60 Å². The molecule has 0 aliphatic rings. The van der Waals surface area contributed by atoms with Crippen LogP contribution in [-0.2, 0) is 15.8 Å². The quantitative estimate of drug-likeness (QED) is 0.444. The second kappa shape index (κ2) is 9.15. The predicted octanol–water partition coefficient (Wildman–Crippen LogP) is -0.0194. The molecule has 0 heterocycles. The highest BCUT2D eigenvalue weighted by Crippen LogP contribution is 2.40. The molecule has 1 aromatic rings. The van der Waals surface area contributed by atoms with E-state index in [1.54, 1.807) is 0 Å². The number of benzene rings is 1. The summed E-state index contributed by atoms with van der Waals surface area (Å²) < 4.78 is 10.7. The number of aliphatic hydroxyl groups excluding tert-OH is 1. The summed E-state index contributed by atoms with van der Waals surface area (Å²) in [7, 11) is -4.52. The molecule has 0 aromatic heterocycles. The van der Waals surface area contributed by atoms with E-state index in [0.29, 0.717) is 6.42 Å². The van der Waals surface area contributed by atoms with Gasteiger partial charge in [-0.05, 0) is 12.0 Å². The van der Waals surface area contributed by atoms with Gasteiger partial charge in [-0.3, -0.25) is 9.36 Å². The van der Waals surface area contributed by atoms with Gasteiger partial charge in [0, 0.05) is 13.0 Å². The highest BCUT2D eigenvalue weighted by Gasteiger charge is 2.25. The van der Waals surface area contributed by atoms with Gasteiger partial charge in [0.2, 0.25) is 5.91 Å². The molecule has 0 aliphatic carbocycles. The molecule has 2 atom stereocenters. The fraction of sp³-hybridized carbons (Fsp3) is 0.417. The maximum absolute atomic E-state index is 11.7. The summed E-state index contributed by atoms with van der Waals surface area (Å²) in [5.74, 6) is -2.19. The zero-order valence-electron chi connectivity index (χ0n) is 11.3. The van der Waals surface area contributed by atoms with Gasteiger partial charge in [0.25, 0.3) is 0 Å². The number of nitrogens with two attached hydrogens (primary N) is 1. The summed E-state index contributed by atoms with van der Waals surface area (Å²) in [4.78, 5) is 29.0. The van der Waals surface area contributed by atoms with E-state index >= 15 is 0 Å². The summed E-state index contributed by atoms with van der Waals surface area (Å²) in [6.07, 6.45) is 0.141. The zero-order chi connectivity index (χ0) is 15.2. The van der Waals surface area contributed by atoms with Crippen LogP contribution in [0.2, 0.25) is 0 Å². The van der Waals surface area contributed by atoms with E-state index < -0.39 is 25.4 Å². The number of halogens is 1. The van der Waals surface area contributed by atoms with Crippen molar-refractivity contribution in [1.29, 1.82) is 0 Å². The molecule has 120 valence electrons. The minimum Gasteiger partial charge on any atom is -0.380 e. The van der Waals surface area contributed by atoms with Gasteiger partial charge in [0.05, 0.1) is 6.04 Å². The highest BCUT2D eigenvalue weighted by molar-refractivity contribution is 7.52. The molecule has 0 bridgehead atoms.